The van der Waals surface area contributed by atoms with Crippen LogP contribution in [0.5, 0.6) is 5.75 Å². The summed E-state index contributed by atoms with van der Waals surface area (Å²) in [6.07, 6.45) is 0.274. The first-order valence-electron chi connectivity index (χ1n) is 6.35. The Kier molecular flexibility index (Phi) is 3.90. The van der Waals surface area contributed by atoms with Crippen LogP contribution < -0.4 is 9.64 Å². The summed E-state index contributed by atoms with van der Waals surface area (Å²) in [5.74, 6) is 0.487. The fourth-order valence-corrected chi connectivity index (χ4v) is 2.17. The van der Waals surface area contributed by atoms with E-state index in [0.717, 1.165) is 5.69 Å². The molecular weight excluding hydrogens is 248 g/mol. The molecule has 0 aromatic heterocycles. The Hall–Kier alpha value is -1.82. The molecule has 0 amide bonds. The molecule has 0 spiro atoms. The Morgan fingerprint density at radius 2 is 2.21 bits per heavy atom. The maximum Gasteiger partial charge on any atom is 0.275 e. The van der Waals surface area contributed by atoms with Gasteiger partial charge in [-0.15, -0.1) is 0 Å². The molecule has 0 saturated carbocycles. The average molecular weight is 266 g/mol. The van der Waals surface area contributed by atoms with Crippen LogP contribution in [-0.4, -0.2) is 35.3 Å². The van der Waals surface area contributed by atoms with E-state index in [2.05, 4.69) is 0 Å². The van der Waals surface area contributed by atoms with Gasteiger partial charge in [-0.25, -0.2) is 0 Å². The molecule has 6 heteroatoms. The van der Waals surface area contributed by atoms with E-state index in [1.807, 2.05) is 18.7 Å². The minimum Gasteiger partial charge on any atom is -0.491 e. The van der Waals surface area contributed by atoms with Gasteiger partial charge in [0, 0.05) is 30.9 Å². The van der Waals surface area contributed by atoms with E-state index in [-0.39, 0.29) is 17.9 Å². The molecule has 104 valence electrons. The number of ether oxygens (including phenoxy) is 1. The zero-order valence-corrected chi connectivity index (χ0v) is 11.1. The number of nitro benzene ring substituents is 1. The van der Waals surface area contributed by atoms with Crippen LogP contribution >= 0.6 is 0 Å². The predicted molar refractivity (Wildman–Crippen MR) is 71.7 cm³/mol. The number of β-amino-alcohol motifs (C(OH)–C–C–N with tert-alkyl or cyclic N) is 1. The Labute approximate surface area is 111 Å². The fraction of sp³-hybridized carbons (Fsp3) is 0.538. The van der Waals surface area contributed by atoms with E-state index in [9.17, 15) is 15.2 Å². The van der Waals surface area contributed by atoms with Gasteiger partial charge in [0.05, 0.1) is 23.2 Å². The quantitative estimate of drug-likeness (QED) is 0.666. The lowest BCUT2D eigenvalue weighted by Crippen LogP contribution is -2.21. The number of hydrogen-bond donors (Lipinski definition) is 1. The van der Waals surface area contributed by atoms with Crippen molar-refractivity contribution in [2.75, 3.05) is 18.0 Å². The van der Waals surface area contributed by atoms with Gasteiger partial charge >= 0.3 is 0 Å². The second-order valence-electron chi connectivity index (χ2n) is 5.00. The van der Waals surface area contributed by atoms with Crippen LogP contribution in [-0.2, 0) is 0 Å². The maximum atomic E-state index is 11.0. The number of nitro groups is 1. The topological polar surface area (TPSA) is 75.8 Å². The van der Waals surface area contributed by atoms with Crippen molar-refractivity contribution in [1.29, 1.82) is 0 Å². The van der Waals surface area contributed by atoms with Gasteiger partial charge < -0.3 is 14.7 Å². The largest absolute Gasteiger partial charge is 0.491 e. The molecule has 1 fully saturated rings. The van der Waals surface area contributed by atoms with Crippen molar-refractivity contribution in [3.05, 3.63) is 28.3 Å². The summed E-state index contributed by atoms with van der Waals surface area (Å²) in [5.41, 5.74) is 0.732. The third kappa shape index (κ3) is 3.35. The van der Waals surface area contributed by atoms with Crippen LogP contribution in [0.1, 0.15) is 20.3 Å². The van der Waals surface area contributed by atoms with E-state index >= 15 is 0 Å². The van der Waals surface area contributed by atoms with Crippen LogP contribution in [0.4, 0.5) is 11.4 Å². The van der Waals surface area contributed by atoms with E-state index in [0.29, 0.717) is 25.3 Å². The monoisotopic (exact) mass is 266 g/mol. The molecule has 0 bridgehead atoms. The highest BCUT2D eigenvalue weighted by molar-refractivity contribution is 5.58. The Bertz CT molecular complexity index is 476. The number of non-ortho nitro benzene ring substituents is 1. The summed E-state index contributed by atoms with van der Waals surface area (Å²) in [4.78, 5) is 12.5. The first-order valence-corrected chi connectivity index (χ1v) is 6.35. The van der Waals surface area contributed by atoms with Gasteiger partial charge in [0.25, 0.3) is 5.69 Å². The number of hydrogen-bond acceptors (Lipinski definition) is 5. The highest BCUT2D eigenvalue weighted by atomic mass is 16.6. The van der Waals surface area contributed by atoms with Gasteiger partial charge in [-0.1, -0.05) is 0 Å². The molecule has 1 unspecified atom stereocenters. The smallest absolute Gasteiger partial charge is 0.275 e. The normalized spacial score (nSPS) is 18.9. The summed E-state index contributed by atoms with van der Waals surface area (Å²) >= 11 is 0. The van der Waals surface area contributed by atoms with Gasteiger partial charge in [0.1, 0.15) is 5.75 Å². The number of benzene rings is 1. The number of nitrogens with zero attached hydrogens (tertiary/aromatic N) is 2. The molecule has 2 rings (SSSR count). The lowest BCUT2D eigenvalue weighted by atomic mass is 10.2. The van der Waals surface area contributed by atoms with E-state index < -0.39 is 4.92 Å². The molecular formula is C13H18N2O4. The maximum absolute atomic E-state index is 11.0. The van der Waals surface area contributed by atoms with Crippen molar-refractivity contribution in [3.8, 4) is 5.75 Å². The van der Waals surface area contributed by atoms with E-state index in [4.69, 9.17) is 4.74 Å². The van der Waals surface area contributed by atoms with Crippen molar-refractivity contribution >= 4 is 11.4 Å². The van der Waals surface area contributed by atoms with Crippen LogP contribution in [0, 0.1) is 10.1 Å². The number of rotatable bonds is 4. The van der Waals surface area contributed by atoms with E-state index in [1.54, 1.807) is 6.07 Å². The van der Waals surface area contributed by atoms with Gasteiger partial charge in [0.2, 0.25) is 0 Å². The highest BCUT2D eigenvalue weighted by Crippen LogP contribution is 2.31. The molecule has 6 nitrogen and oxygen atoms in total. The molecule has 1 aliphatic heterocycles. The first-order chi connectivity index (χ1) is 8.95. The number of aliphatic hydroxyl groups excluding tert-OH is 1. The molecule has 1 heterocycles. The molecule has 1 aromatic carbocycles. The average Bonchev–Trinajstić information content (AvgIpc) is 2.74. The molecule has 1 atom stereocenters. The van der Waals surface area contributed by atoms with Crippen LogP contribution in [0.2, 0.25) is 0 Å². The van der Waals surface area contributed by atoms with Crippen molar-refractivity contribution in [3.63, 3.8) is 0 Å². The second kappa shape index (κ2) is 5.44. The molecule has 1 aliphatic rings. The molecule has 0 aliphatic carbocycles. The van der Waals surface area contributed by atoms with Gasteiger partial charge in [-0.2, -0.15) is 0 Å². The fourth-order valence-electron chi connectivity index (χ4n) is 2.17. The Morgan fingerprint density at radius 3 is 2.74 bits per heavy atom. The minimum absolute atomic E-state index is 0.00883. The minimum atomic E-state index is -0.427. The summed E-state index contributed by atoms with van der Waals surface area (Å²) in [6, 6.07) is 4.73. The summed E-state index contributed by atoms with van der Waals surface area (Å²) in [7, 11) is 0. The van der Waals surface area contributed by atoms with Crippen LogP contribution in [0.15, 0.2) is 18.2 Å². The molecule has 1 N–H and O–H groups in total. The Morgan fingerprint density at radius 1 is 1.47 bits per heavy atom. The van der Waals surface area contributed by atoms with Gasteiger partial charge in [-0.05, 0) is 20.3 Å². The van der Waals surface area contributed by atoms with Gasteiger partial charge in [0.15, 0.2) is 0 Å². The first kappa shape index (κ1) is 13.6. The molecule has 1 saturated heterocycles. The van der Waals surface area contributed by atoms with Gasteiger partial charge in [-0.3, -0.25) is 10.1 Å². The zero-order chi connectivity index (χ0) is 14.0. The van der Waals surface area contributed by atoms with Crippen LogP contribution in [0.3, 0.4) is 0 Å². The van der Waals surface area contributed by atoms with Crippen molar-refractivity contribution in [1.82, 2.24) is 0 Å². The summed E-state index contributed by atoms with van der Waals surface area (Å²) in [5, 5.41) is 20.5. The summed E-state index contributed by atoms with van der Waals surface area (Å²) in [6.45, 7) is 4.95. The second-order valence-corrected chi connectivity index (χ2v) is 5.00. The van der Waals surface area contributed by atoms with E-state index in [1.165, 1.54) is 12.1 Å². The van der Waals surface area contributed by atoms with Crippen molar-refractivity contribution < 1.29 is 14.8 Å². The molecule has 1 aromatic rings. The zero-order valence-electron chi connectivity index (χ0n) is 11.1. The van der Waals surface area contributed by atoms with Crippen LogP contribution in [0.25, 0.3) is 0 Å². The van der Waals surface area contributed by atoms with Crippen molar-refractivity contribution in [2.45, 2.75) is 32.5 Å². The van der Waals surface area contributed by atoms with Crippen molar-refractivity contribution in [2.24, 2.45) is 0 Å². The standard InChI is InChI=1S/C13H18N2O4/c1-9(2)19-13-6-10(5-11(7-13)15(17)18)14-4-3-12(16)8-14/h5-7,9,12,16H,3-4,8H2,1-2H3. The Balaban J connectivity index is 2.31. The lowest BCUT2D eigenvalue weighted by molar-refractivity contribution is -0.384. The number of aliphatic hydroxyl groups is 1. The molecule has 19 heavy (non-hydrogen) atoms. The lowest BCUT2D eigenvalue weighted by Gasteiger charge is -2.19. The summed E-state index contributed by atoms with van der Waals surface area (Å²) < 4.78 is 5.54. The number of anilines is 1. The third-order valence-electron chi connectivity index (χ3n) is 2.99. The molecule has 0 radical (unpaired) electrons. The third-order valence-corrected chi connectivity index (χ3v) is 2.99. The predicted octanol–water partition coefficient (Wildman–Crippen LogP) is 1.95. The highest BCUT2D eigenvalue weighted by Gasteiger charge is 2.23. The SMILES string of the molecule is CC(C)Oc1cc(N2CCC(O)C2)cc([N+](=O)[O-])c1.